The second kappa shape index (κ2) is 5.98. The highest BCUT2D eigenvalue weighted by Gasteiger charge is 2.19. The van der Waals surface area contributed by atoms with Crippen LogP contribution in [0.25, 0.3) is 0 Å². The molecule has 0 radical (unpaired) electrons. The van der Waals surface area contributed by atoms with E-state index >= 15 is 0 Å². The average Bonchev–Trinajstić information content (AvgIpc) is 2.41. The topological polar surface area (TPSA) is 38.0 Å². The van der Waals surface area contributed by atoms with E-state index in [1.165, 1.54) is 18.2 Å². The summed E-state index contributed by atoms with van der Waals surface area (Å²) in [5, 5.41) is 2.29. The Labute approximate surface area is 131 Å². The van der Waals surface area contributed by atoms with Crippen molar-refractivity contribution in [2.45, 2.75) is 0 Å². The second-order valence-corrected chi connectivity index (χ2v) is 5.32. The number of anilines is 2. The van der Waals surface area contributed by atoms with Crippen LogP contribution in [0.4, 0.5) is 28.9 Å². The molecule has 2 aromatic carbocycles. The van der Waals surface area contributed by atoms with Crippen LogP contribution in [0.5, 0.6) is 0 Å². The van der Waals surface area contributed by atoms with Gasteiger partial charge in [-0.15, -0.1) is 0 Å². The molecule has 2 nitrogen and oxygen atoms in total. The summed E-state index contributed by atoms with van der Waals surface area (Å²) in [4.78, 5) is 0.127. The van der Waals surface area contributed by atoms with Gasteiger partial charge in [0, 0.05) is 21.8 Å². The fourth-order valence-corrected chi connectivity index (χ4v) is 2.52. The van der Waals surface area contributed by atoms with Crippen molar-refractivity contribution in [3.05, 3.63) is 57.6 Å². The molecule has 21 heavy (non-hydrogen) atoms. The van der Waals surface area contributed by atoms with Gasteiger partial charge >= 0.3 is 0 Å². The Morgan fingerprint density at radius 1 is 1.05 bits per heavy atom. The van der Waals surface area contributed by atoms with E-state index in [2.05, 4.69) is 21.2 Å². The lowest BCUT2D eigenvalue weighted by Crippen LogP contribution is -2.10. The lowest BCUT2D eigenvalue weighted by Gasteiger charge is -2.11. The maximum absolute atomic E-state index is 13.5. The van der Waals surface area contributed by atoms with Gasteiger partial charge in [-0.1, -0.05) is 12.2 Å². The lowest BCUT2D eigenvalue weighted by molar-refractivity contribution is 0.459. The first-order chi connectivity index (χ1) is 9.81. The third kappa shape index (κ3) is 3.16. The molecule has 2 aromatic rings. The van der Waals surface area contributed by atoms with Crippen LogP contribution in [0.15, 0.2) is 28.7 Å². The summed E-state index contributed by atoms with van der Waals surface area (Å²) in [5.41, 5.74) is 5.27. The minimum atomic E-state index is -1.51. The Morgan fingerprint density at radius 2 is 1.62 bits per heavy atom. The SMILES string of the molecule is NC(=S)c1ccc(Nc2c(F)c(F)cc(F)c2F)cc1Br. The molecule has 0 bridgehead atoms. The van der Waals surface area contributed by atoms with Crippen LogP contribution in [0, 0.1) is 23.3 Å². The molecule has 0 saturated carbocycles. The number of nitrogens with two attached hydrogens (primary N) is 1. The fourth-order valence-electron chi connectivity index (χ4n) is 1.62. The molecule has 0 aliphatic heterocycles. The van der Waals surface area contributed by atoms with Crippen LogP contribution < -0.4 is 11.1 Å². The van der Waals surface area contributed by atoms with E-state index in [1.807, 2.05) is 0 Å². The molecule has 2 rings (SSSR count). The molecule has 3 N–H and O–H groups in total. The summed E-state index contributed by atoms with van der Waals surface area (Å²) in [6.07, 6.45) is 0. The summed E-state index contributed by atoms with van der Waals surface area (Å²) in [6.45, 7) is 0. The number of benzene rings is 2. The van der Waals surface area contributed by atoms with Gasteiger partial charge in [0.15, 0.2) is 23.3 Å². The van der Waals surface area contributed by atoms with E-state index < -0.39 is 29.0 Å². The highest BCUT2D eigenvalue weighted by molar-refractivity contribution is 9.10. The first kappa shape index (κ1) is 15.7. The van der Waals surface area contributed by atoms with Gasteiger partial charge in [0.25, 0.3) is 0 Å². The number of hydrogen-bond donors (Lipinski definition) is 2. The zero-order valence-corrected chi connectivity index (χ0v) is 12.6. The molecular weight excluding hydrogens is 372 g/mol. The molecule has 0 spiro atoms. The predicted octanol–water partition coefficient (Wildman–Crippen LogP) is 4.38. The van der Waals surface area contributed by atoms with E-state index in [-0.39, 0.29) is 16.7 Å². The molecule has 0 aromatic heterocycles. The third-order valence-electron chi connectivity index (χ3n) is 2.62. The Hall–Kier alpha value is -1.67. The number of halogens is 5. The first-order valence-electron chi connectivity index (χ1n) is 5.50. The molecule has 8 heteroatoms. The summed E-state index contributed by atoms with van der Waals surface area (Å²) in [6, 6.07) is 4.49. The van der Waals surface area contributed by atoms with Crippen molar-refractivity contribution in [2.75, 3.05) is 5.32 Å². The Balaban J connectivity index is 2.44. The minimum absolute atomic E-state index is 0.127. The van der Waals surface area contributed by atoms with Gasteiger partial charge in [0.05, 0.1) is 0 Å². The van der Waals surface area contributed by atoms with Crippen molar-refractivity contribution in [3.8, 4) is 0 Å². The van der Waals surface area contributed by atoms with E-state index in [4.69, 9.17) is 18.0 Å². The van der Waals surface area contributed by atoms with Gasteiger partial charge in [-0.05, 0) is 34.1 Å². The number of thiocarbonyl (C=S) groups is 1. The molecular formula is C13H7BrF4N2S. The zero-order chi connectivity index (χ0) is 15.7. The first-order valence-corrected chi connectivity index (χ1v) is 6.70. The molecule has 0 aliphatic rings. The average molecular weight is 379 g/mol. The fraction of sp³-hybridized carbons (Fsp3) is 0. The Kier molecular flexibility index (Phi) is 4.48. The van der Waals surface area contributed by atoms with Crippen molar-refractivity contribution in [3.63, 3.8) is 0 Å². The van der Waals surface area contributed by atoms with E-state index in [0.717, 1.165) is 0 Å². The van der Waals surface area contributed by atoms with Gasteiger partial charge in [-0.3, -0.25) is 0 Å². The maximum atomic E-state index is 13.5. The van der Waals surface area contributed by atoms with Gasteiger partial charge in [-0.25, -0.2) is 17.6 Å². The molecule has 0 aliphatic carbocycles. The Morgan fingerprint density at radius 3 is 2.10 bits per heavy atom. The number of rotatable bonds is 3. The van der Waals surface area contributed by atoms with Crippen LogP contribution in [-0.4, -0.2) is 4.99 Å². The summed E-state index contributed by atoms with van der Waals surface area (Å²) in [7, 11) is 0. The normalized spacial score (nSPS) is 10.5. The number of nitrogens with one attached hydrogen (secondary N) is 1. The predicted molar refractivity (Wildman–Crippen MR) is 79.6 cm³/mol. The number of hydrogen-bond acceptors (Lipinski definition) is 2. The van der Waals surface area contributed by atoms with Crippen LogP contribution in [-0.2, 0) is 0 Å². The van der Waals surface area contributed by atoms with E-state index in [0.29, 0.717) is 10.0 Å². The zero-order valence-electron chi connectivity index (χ0n) is 10.2. The van der Waals surface area contributed by atoms with Crippen LogP contribution in [0.3, 0.4) is 0 Å². The summed E-state index contributed by atoms with van der Waals surface area (Å²) in [5.74, 6) is -6.00. The van der Waals surface area contributed by atoms with Crippen molar-refractivity contribution in [1.82, 2.24) is 0 Å². The summed E-state index contributed by atoms with van der Waals surface area (Å²) < 4.78 is 53.8. The quantitative estimate of drug-likeness (QED) is 0.472. The van der Waals surface area contributed by atoms with Crippen LogP contribution in [0.1, 0.15) is 5.56 Å². The second-order valence-electron chi connectivity index (χ2n) is 4.03. The highest BCUT2D eigenvalue weighted by atomic mass is 79.9. The molecule has 0 unspecified atom stereocenters. The summed E-state index contributed by atoms with van der Waals surface area (Å²) >= 11 is 7.99. The lowest BCUT2D eigenvalue weighted by atomic mass is 10.2. The monoisotopic (exact) mass is 378 g/mol. The third-order valence-corrected chi connectivity index (χ3v) is 3.49. The van der Waals surface area contributed by atoms with Gasteiger partial charge in [0.1, 0.15) is 10.7 Å². The molecule has 0 amide bonds. The largest absolute Gasteiger partial charge is 0.389 e. The standard InChI is InChI=1S/C13H7BrF4N2S/c14-7-3-5(1-2-6(7)13(19)21)20-12-10(17)8(15)4-9(16)11(12)18/h1-4,20H,(H2,19,21). The minimum Gasteiger partial charge on any atom is -0.389 e. The van der Waals surface area contributed by atoms with E-state index in [9.17, 15) is 17.6 Å². The highest BCUT2D eigenvalue weighted by Crippen LogP contribution is 2.29. The van der Waals surface area contributed by atoms with Crippen molar-refractivity contribution in [1.29, 1.82) is 0 Å². The van der Waals surface area contributed by atoms with Crippen LogP contribution >= 0.6 is 28.1 Å². The molecule has 0 saturated heterocycles. The molecule has 110 valence electrons. The van der Waals surface area contributed by atoms with Gasteiger partial charge in [-0.2, -0.15) is 0 Å². The van der Waals surface area contributed by atoms with Gasteiger partial charge in [0.2, 0.25) is 0 Å². The molecule has 0 atom stereocenters. The van der Waals surface area contributed by atoms with Gasteiger partial charge < -0.3 is 11.1 Å². The maximum Gasteiger partial charge on any atom is 0.185 e. The molecule has 0 heterocycles. The molecule has 0 fully saturated rings. The van der Waals surface area contributed by atoms with Crippen molar-refractivity contribution >= 4 is 44.5 Å². The van der Waals surface area contributed by atoms with Crippen molar-refractivity contribution < 1.29 is 17.6 Å². The van der Waals surface area contributed by atoms with Crippen LogP contribution in [0.2, 0.25) is 0 Å². The van der Waals surface area contributed by atoms with E-state index in [1.54, 1.807) is 0 Å². The smallest absolute Gasteiger partial charge is 0.185 e. The Bertz CT molecular complexity index is 710. The van der Waals surface area contributed by atoms with Crippen molar-refractivity contribution in [2.24, 2.45) is 5.73 Å².